The molecule has 4 rings (SSSR count). The highest BCUT2D eigenvalue weighted by Gasteiger charge is 2.23. The van der Waals surface area contributed by atoms with Gasteiger partial charge >= 0.3 is 6.09 Å². The first-order valence-corrected chi connectivity index (χ1v) is 13.6. The second kappa shape index (κ2) is 12.8. The van der Waals surface area contributed by atoms with Crippen LogP contribution in [-0.4, -0.2) is 66.3 Å². The van der Waals surface area contributed by atoms with E-state index in [1.165, 1.54) is 16.5 Å². The Kier molecular flexibility index (Phi) is 9.24. The fraction of sp³-hybridized carbons (Fsp3) is 0.433. The van der Waals surface area contributed by atoms with Gasteiger partial charge in [0.05, 0.1) is 6.61 Å². The maximum atomic E-state index is 12.5. The van der Waals surface area contributed by atoms with E-state index in [-0.39, 0.29) is 12.5 Å². The minimum Gasteiger partial charge on any atom is -0.478 e. The molecular formula is C30H39N5O4. The van der Waals surface area contributed by atoms with Crippen LogP contribution in [0.3, 0.4) is 0 Å². The van der Waals surface area contributed by atoms with E-state index < -0.39 is 11.5 Å². The number of piperazine rings is 1. The van der Waals surface area contributed by atoms with Crippen LogP contribution in [0, 0.1) is 5.41 Å². The van der Waals surface area contributed by atoms with E-state index >= 15 is 0 Å². The third-order valence-corrected chi connectivity index (χ3v) is 6.89. The first-order valence-electron chi connectivity index (χ1n) is 13.6. The molecule has 3 aromatic rings. The number of nitrogens with one attached hydrogen (secondary N) is 2. The maximum absolute atomic E-state index is 12.5. The number of unbranched alkanes of at least 4 members (excludes halogenated alkanes) is 1. The molecule has 9 heteroatoms. The normalized spacial score (nSPS) is 14.3. The van der Waals surface area contributed by atoms with Crippen LogP contribution < -0.4 is 20.3 Å². The van der Waals surface area contributed by atoms with Crippen molar-refractivity contribution in [2.75, 3.05) is 49.5 Å². The SMILES string of the molecule is CC(C)(C)C(=O)Nc1nc(OCCCCN2CCN(c3cccc4ccccc34)CC2)ccc1CNC(=O)O. The lowest BCUT2D eigenvalue weighted by atomic mass is 9.95. The number of fused-ring (bicyclic) bond motifs is 1. The predicted molar refractivity (Wildman–Crippen MR) is 155 cm³/mol. The Morgan fingerprint density at radius 1 is 0.974 bits per heavy atom. The van der Waals surface area contributed by atoms with Crippen molar-refractivity contribution in [1.82, 2.24) is 15.2 Å². The highest BCUT2D eigenvalue weighted by molar-refractivity contribution is 5.95. The van der Waals surface area contributed by atoms with Gasteiger partial charge in [0.2, 0.25) is 11.8 Å². The molecule has 1 aliphatic heterocycles. The molecule has 1 aliphatic rings. The molecule has 0 atom stereocenters. The summed E-state index contributed by atoms with van der Waals surface area (Å²) in [6, 6.07) is 18.5. The number of carbonyl (C=O) groups excluding carboxylic acids is 1. The summed E-state index contributed by atoms with van der Waals surface area (Å²) < 4.78 is 5.87. The fourth-order valence-corrected chi connectivity index (χ4v) is 4.58. The van der Waals surface area contributed by atoms with Gasteiger partial charge in [0.1, 0.15) is 5.82 Å². The second-order valence-corrected chi connectivity index (χ2v) is 10.9. The standard InChI is InChI=1S/C30H39N5O4/c1-30(2,3)28(36)33-27-23(21-31-29(37)38)13-14-26(32-27)39-20-7-6-15-34-16-18-35(19-17-34)25-12-8-10-22-9-4-5-11-24(22)25/h4-5,8-14,31H,6-7,15-21H2,1-3H3,(H,37,38)(H,32,33,36). The summed E-state index contributed by atoms with van der Waals surface area (Å²) in [6.45, 7) is 11.1. The Labute approximate surface area is 230 Å². The lowest BCUT2D eigenvalue weighted by Crippen LogP contribution is -2.46. The Morgan fingerprint density at radius 3 is 2.46 bits per heavy atom. The van der Waals surface area contributed by atoms with Crippen molar-refractivity contribution in [3.05, 3.63) is 60.2 Å². The van der Waals surface area contributed by atoms with Gasteiger partial charge < -0.3 is 25.4 Å². The van der Waals surface area contributed by atoms with Crippen molar-refractivity contribution in [3.8, 4) is 5.88 Å². The van der Waals surface area contributed by atoms with Gasteiger partial charge in [0.15, 0.2) is 0 Å². The molecule has 0 spiro atoms. The van der Waals surface area contributed by atoms with Gasteiger partial charge in [0.25, 0.3) is 0 Å². The monoisotopic (exact) mass is 533 g/mol. The number of benzene rings is 2. The third kappa shape index (κ3) is 7.83. The molecule has 1 saturated heterocycles. The average Bonchev–Trinajstić information content (AvgIpc) is 2.92. The fourth-order valence-electron chi connectivity index (χ4n) is 4.58. The zero-order valence-corrected chi connectivity index (χ0v) is 23.1. The maximum Gasteiger partial charge on any atom is 0.404 e. The number of pyridine rings is 1. The zero-order chi connectivity index (χ0) is 27.8. The van der Waals surface area contributed by atoms with Crippen molar-refractivity contribution in [2.45, 2.75) is 40.2 Å². The van der Waals surface area contributed by atoms with E-state index in [9.17, 15) is 9.59 Å². The molecule has 0 aliphatic carbocycles. The number of rotatable bonds is 10. The smallest absolute Gasteiger partial charge is 0.404 e. The number of hydrogen-bond donors (Lipinski definition) is 3. The molecule has 2 heterocycles. The molecular weight excluding hydrogens is 494 g/mol. The average molecular weight is 534 g/mol. The van der Waals surface area contributed by atoms with Crippen LogP contribution in [0.4, 0.5) is 16.3 Å². The number of aromatic nitrogens is 1. The molecule has 208 valence electrons. The molecule has 1 fully saturated rings. The Hall–Kier alpha value is -3.85. The quantitative estimate of drug-likeness (QED) is 0.316. The van der Waals surface area contributed by atoms with Crippen LogP contribution in [0.2, 0.25) is 0 Å². The molecule has 39 heavy (non-hydrogen) atoms. The van der Waals surface area contributed by atoms with E-state index in [1.807, 2.05) is 0 Å². The Balaban J connectivity index is 1.23. The van der Waals surface area contributed by atoms with Crippen LogP contribution in [0.15, 0.2) is 54.6 Å². The molecule has 3 N–H and O–H groups in total. The minimum absolute atomic E-state index is 0.0378. The molecule has 0 radical (unpaired) electrons. The van der Waals surface area contributed by atoms with Gasteiger partial charge in [-0.15, -0.1) is 0 Å². The molecule has 0 unspecified atom stereocenters. The van der Waals surface area contributed by atoms with Crippen LogP contribution in [0.5, 0.6) is 5.88 Å². The minimum atomic E-state index is -1.14. The van der Waals surface area contributed by atoms with Gasteiger partial charge in [-0.1, -0.05) is 57.2 Å². The number of carboxylic acid groups (broad SMARTS) is 1. The van der Waals surface area contributed by atoms with Gasteiger partial charge in [-0.3, -0.25) is 9.69 Å². The third-order valence-electron chi connectivity index (χ3n) is 6.89. The van der Waals surface area contributed by atoms with E-state index in [2.05, 4.69) is 67.9 Å². The van der Waals surface area contributed by atoms with Gasteiger partial charge in [-0.25, -0.2) is 4.79 Å². The molecule has 2 amide bonds. The van der Waals surface area contributed by atoms with Crippen LogP contribution >= 0.6 is 0 Å². The van der Waals surface area contributed by atoms with Crippen molar-refractivity contribution >= 4 is 34.3 Å². The lowest BCUT2D eigenvalue weighted by molar-refractivity contribution is -0.123. The van der Waals surface area contributed by atoms with Crippen molar-refractivity contribution in [2.24, 2.45) is 5.41 Å². The number of nitrogens with zero attached hydrogens (tertiary/aromatic N) is 3. The summed E-state index contributed by atoms with van der Waals surface area (Å²) in [7, 11) is 0. The second-order valence-electron chi connectivity index (χ2n) is 10.9. The zero-order valence-electron chi connectivity index (χ0n) is 23.1. The lowest BCUT2D eigenvalue weighted by Gasteiger charge is -2.36. The first kappa shape index (κ1) is 28.2. The summed E-state index contributed by atoms with van der Waals surface area (Å²) in [6.07, 6.45) is 0.762. The van der Waals surface area contributed by atoms with Crippen LogP contribution in [-0.2, 0) is 11.3 Å². The predicted octanol–water partition coefficient (Wildman–Crippen LogP) is 4.97. The van der Waals surface area contributed by atoms with Gasteiger partial charge in [-0.05, 0) is 36.9 Å². The van der Waals surface area contributed by atoms with E-state index in [0.717, 1.165) is 45.6 Å². The highest BCUT2D eigenvalue weighted by Crippen LogP contribution is 2.27. The molecule has 0 bridgehead atoms. The summed E-state index contributed by atoms with van der Waals surface area (Å²) >= 11 is 0. The topological polar surface area (TPSA) is 107 Å². The number of carbonyl (C=O) groups is 2. The number of amides is 2. The van der Waals surface area contributed by atoms with E-state index in [0.29, 0.717) is 23.9 Å². The van der Waals surface area contributed by atoms with Crippen LogP contribution in [0.25, 0.3) is 10.8 Å². The Morgan fingerprint density at radius 2 is 1.72 bits per heavy atom. The summed E-state index contributed by atoms with van der Waals surface area (Å²) in [5, 5.41) is 16.7. The molecule has 1 aromatic heterocycles. The number of ether oxygens (including phenoxy) is 1. The largest absolute Gasteiger partial charge is 0.478 e. The molecule has 2 aromatic carbocycles. The summed E-state index contributed by atoms with van der Waals surface area (Å²) in [5.41, 5.74) is 1.28. The number of hydrogen-bond acceptors (Lipinski definition) is 6. The first-order chi connectivity index (χ1) is 18.7. The molecule has 0 saturated carbocycles. The highest BCUT2D eigenvalue weighted by atomic mass is 16.5. The van der Waals surface area contributed by atoms with E-state index in [1.54, 1.807) is 32.9 Å². The molecule has 9 nitrogen and oxygen atoms in total. The van der Waals surface area contributed by atoms with Gasteiger partial charge in [0, 0.05) is 60.8 Å². The summed E-state index contributed by atoms with van der Waals surface area (Å²) in [5.74, 6) is 0.511. The van der Waals surface area contributed by atoms with E-state index in [4.69, 9.17) is 9.84 Å². The van der Waals surface area contributed by atoms with Crippen molar-refractivity contribution < 1.29 is 19.4 Å². The Bertz CT molecular complexity index is 1280. The summed E-state index contributed by atoms with van der Waals surface area (Å²) in [4.78, 5) is 32.9. The van der Waals surface area contributed by atoms with Crippen molar-refractivity contribution in [3.63, 3.8) is 0 Å². The number of anilines is 2. The van der Waals surface area contributed by atoms with Crippen molar-refractivity contribution in [1.29, 1.82) is 0 Å². The van der Waals surface area contributed by atoms with Gasteiger partial charge in [-0.2, -0.15) is 4.98 Å². The van der Waals surface area contributed by atoms with Crippen LogP contribution in [0.1, 0.15) is 39.2 Å².